The van der Waals surface area contributed by atoms with Crippen molar-refractivity contribution in [1.29, 1.82) is 0 Å². The highest BCUT2D eigenvalue weighted by molar-refractivity contribution is 6.06. The number of hydrogen-bond donors (Lipinski definition) is 0. The van der Waals surface area contributed by atoms with E-state index in [0.717, 1.165) is 0 Å². The van der Waals surface area contributed by atoms with Crippen molar-refractivity contribution < 1.29 is 18.3 Å². The second-order valence-corrected chi connectivity index (χ2v) is 4.44. The van der Waals surface area contributed by atoms with Gasteiger partial charge in [-0.15, -0.1) is 6.42 Å². The Labute approximate surface area is 120 Å². The van der Waals surface area contributed by atoms with Crippen LogP contribution in [0.15, 0.2) is 32.0 Å². The zero-order valence-corrected chi connectivity index (χ0v) is 11.6. The van der Waals surface area contributed by atoms with E-state index in [2.05, 4.69) is 5.92 Å². The third kappa shape index (κ3) is 1.93. The van der Waals surface area contributed by atoms with Gasteiger partial charge in [-0.2, -0.15) is 0 Å². The molecule has 5 nitrogen and oxygen atoms in total. The molecule has 0 spiro atoms. The molecule has 0 saturated carbocycles. The molecule has 0 aliphatic heterocycles. The third-order valence-corrected chi connectivity index (χ3v) is 3.12. The smallest absolute Gasteiger partial charge is 0.207 e. The number of hydrogen-bond acceptors (Lipinski definition) is 5. The Morgan fingerprint density at radius 2 is 2.14 bits per heavy atom. The van der Waals surface area contributed by atoms with Gasteiger partial charge in [0.2, 0.25) is 5.75 Å². The highest BCUT2D eigenvalue weighted by Gasteiger charge is 2.22. The van der Waals surface area contributed by atoms with Gasteiger partial charge >= 0.3 is 0 Å². The molecular weight excluding hydrogens is 272 g/mol. The molecule has 2 heterocycles. The lowest BCUT2D eigenvalue weighted by atomic mass is 10.1. The molecule has 0 bridgehead atoms. The third-order valence-electron chi connectivity index (χ3n) is 3.12. The summed E-state index contributed by atoms with van der Waals surface area (Å²) >= 11 is 0. The fourth-order valence-corrected chi connectivity index (χ4v) is 2.34. The molecule has 0 unspecified atom stereocenters. The number of fused-ring (bicyclic) bond motifs is 2. The summed E-state index contributed by atoms with van der Waals surface area (Å²) in [5.41, 5.74) is 0.497. The molecule has 2 aromatic heterocycles. The Morgan fingerprint density at radius 3 is 2.86 bits per heavy atom. The van der Waals surface area contributed by atoms with Crippen LogP contribution in [0.5, 0.6) is 11.5 Å². The topological polar surface area (TPSA) is 61.8 Å². The van der Waals surface area contributed by atoms with Crippen molar-refractivity contribution in [3.63, 3.8) is 0 Å². The van der Waals surface area contributed by atoms with Gasteiger partial charge in [-0.25, -0.2) is 0 Å². The maximum absolute atomic E-state index is 12.3. The van der Waals surface area contributed by atoms with Gasteiger partial charge in [0.1, 0.15) is 23.5 Å². The number of ether oxygens (including phenoxy) is 2. The van der Waals surface area contributed by atoms with E-state index in [-0.39, 0.29) is 17.6 Å². The van der Waals surface area contributed by atoms with Gasteiger partial charge < -0.3 is 18.3 Å². The molecular formula is C16H12O5. The maximum Gasteiger partial charge on any atom is 0.207 e. The SMILES string of the molecule is C#CCOc1c2occc2c(OC)c2c(=O)cc(C)oc12. The lowest BCUT2D eigenvalue weighted by Gasteiger charge is -2.11. The predicted molar refractivity (Wildman–Crippen MR) is 77.9 cm³/mol. The summed E-state index contributed by atoms with van der Waals surface area (Å²) in [4.78, 5) is 12.3. The van der Waals surface area contributed by atoms with E-state index in [1.54, 1.807) is 13.0 Å². The molecule has 0 fully saturated rings. The van der Waals surface area contributed by atoms with Crippen molar-refractivity contribution in [3.8, 4) is 23.8 Å². The number of rotatable bonds is 3. The first-order chi connectivity index (χ1) is 10.2. The van der Waals surface area contributed by atoms with Crippen LogP contribution in [0.2, 0.25) is 0 Å². The Balaban J connectivity index is 2.54. The fraction of sp³-hybridized carbons (Fsp3) is 0.188. The summed E-state index contributed by atoms with van der Waals surface area (Å²) < 4.78 is 22.0. The normalized spacial score (nSPS) is 10.7. The lowest BCUT2D eigenvalue weighted by Crippen LogP contribution is -2.05. The van der Waals surface area contributed by atoms with Crippen molar-refractivity contribution in [2.24, 2.45) is 0 Å². The Kier molecular flexibility index (Phi) is 3.07. The predicted octanol–water partition coefficient (Wildman–Crippen LogP) is 2.87. The van der Waals surface area contributed by atoms with Crippen molar-refractivity contribution in [2.45, 2.75) is 6.92 Å². The van der Waals surface area contributed by atoms with Crippen LogP contribution >= 0.6 is 0 Å². The first kappa shape index (κ1) is 13.1. The van der Waals surface area contributed by atoms with Gasteiger partial charge in [0.15, 0.2) is 16.6 Å². The first-order valence-corrected chi connectivity index (χ1v) is 6.25. The summed E-state index contributed by atoms with van der Waals surface area (Å²) in [6.07, 6.45) is 6.73. The molecule has 0 radical (unpaired) electrons. The molecule has 0 saturated heterocycles. The van der Waals surface area contributed by atoms with E-state index in [0.29, 0.717) is 33.6 Å². The zero-order chi connectivity index (χ0) is 15.0. The highest BCUT2D eigenvalue weighted by Crippen LogP contribution is 2.42. The van der Waals surface area contributed by atoms with Crippen molar-refractivity contribution in [2.75, 3.05) is 13.7 Å². The number of methoxy groups -OCH3 is 1. The molecule has 3 rings (SSSR count). The van der Waals surface area contributed by atoms with Gasteiger partial charge in [0, 0.05) is 6.07 Å². The summed E-state index contributed by atoms with van der Waals surface area (Å²) in [6, 6.07) is 3.11. The molecule has 0 aliphatic rings. The number of terminal acetylenes is 1. The summed E-state index contributed by atoms with van der Waals surface area (Å²) in [5.74, 6) is 3.55. The van der Waals surface area contributed by atoms with Crippen LogP contribution in [0.1, 0.15) is 5.76 Å². The number of furan rings is 1. The Hall–Kier alpha value is -2.87. The van der Waals surface area contributed by atoms with E-state index in [9.17, 15) is 4.79 Å². The molecule has 0 N–H and O–H groups in total. The molecule has 5 heteroatoms. The van der Waals surface area contributed by atoms with Crippen LogP contribution in [0.3, 0.4) is 0 Å². The number of benzene rings is 1. The fourth-order valence-electron chi connectivity index (χ4n) is 2.34. The quantitative estimate of drug-likeness (QED) is 0.692. The lowest BCUT2D eigenvalue weighted by molar-refractivity contribution is 0.362. The van der Waals surface area contributed by atoms with Crippen LogP contribution < -0.4 is 14.9 Å². The molecule has 0 amide bonds. The van der Waals surface area contributed by atoms with Crippen molar-refractivity contribution in [1.82, 2.24) is 0 Å². The molecule has 3 aromatic rings. The van der Waals surface area contributed by atoms with E-state index in [1.807, 2.05) is 0 Å². The molecule has 1 aromatic carbocycles. The van der Waals surface area contributed by atoms with Gasteiger partial charge in [-0.1, -0.05) is 5.92 Å². The van der Waals surface area contributed by atoms with Crippen LogP contribution in [0.4, 0.5) is 0 Å². The van der Waals surface area contributed by atoms with Crippen LogP contribution in [-0.4, -0.2) is 13.7 Å². The monoisotopic (exact) mass is 284 g/mol. The maximum atomic E-state index is 12.3. The first-order valence-electron chi connectivity index (χ1n) is 6.25. The highest BCUT2D eigenvalue weighted by atomic mass is 16.5. The molecule has 106 valence electrons. The minimum absolute atomic E-state index is 0.0366. The number of aryl methyl sites for hydroxylation is 1. The molecule has 21 heavy (non-hydrogen) atoms. The van der Waals surface area contributed by atoms with E-state index in [1.165, 1.54) is 19.4 Å². The summed E-state index contributed by atoms with van der Waals surface area (Å²) in [7, 11) is 1.49. The largest absolute Gasteiger partial charge is 0.495 e. The minimum Gasteiger partial charge on any atom is -0.495 e. The van der Waals surface area contributed by atoms with Crippen LogP contribution in [-0.2, 0) is 0 Å². The Morgan fingerprint density at radius 1 is 1.33 bits per heavy atom. The van der Waals surface area contributed by atoms with Gasteiger partial charge in [-0.3, -0.25) is 4.79 Å². The molecule has 0 atom stereocenters. The summed E-state index contributed by atoms with van der Waals surface area (Å²) in [6.45, 7) is 1.72. The summed E-state index contributed by atoms with van der Waals surface area (Å²) in [5, 5.41) is 0.942. The van der Waals surface area contributed by atoms with Crippen LogP contribution in [0.25, 0.3) is 21.9 Å². The van der Waals surface area contributed by atoms with E-state index < -0.39 is 0 Å². The molecule has 0 aliphatic carbocycles. The van der Waals surface area contributed by atoms with Crippen molar-refractivity contribution in [3.05, 3.63) is 34.4 Å². The standard InChI is InChI=1S/C16H12O5/c1-4-6-19-16-14-10(5-7-20-14)13(18-3)12-11(17)8-9(2)21-15(12)16/h1,5,7-8H,6H2,2-3H3. The van der Waals surface area contributed by atoms with Gasteiger partial charge in [0.05, 0.1) is 18.8 Å². The van der Waals surface area contributed by atoms with Gasteiger partial charge in [-0.05, 0) is 13.0 Å². The minimum atomic E-state index is -0.209. The van der Waals surface area contributed by atoms with Gasteiger partial charge in [0.25, 0.3) is 0 Å². The average molecular weight is 284 g/mol. The second kappa shape index (κ2) is 4.91. The zero-order valence-electron chi connectivity index (χ0n) is 11.6. The van der Waals surface area contributed by atoms with Crippen molar-refractivity contribution >= 4 is 21.9 Å². The second-order valence-electron chi connectivity index (χ2n) is 4.44. The van der Waals surface area contributed by atoms with Crippen LogP contribution in [0, 0.1) is 19.3 Å². The van der Waals surface area contributed by atoms with E-state index in [4.69, 9.17) is 24.7 Å². The average Bonchev–Trinajstić information content (AvgIpc) is 2.92. The van der Waals surface area contributed by atoms with E-state index >= 15 is 0 Å². The Bertz CT molecular complexity index is 924.